The van der Waals surface area contributed by atoms with Crippen LogP contribution in [-0.2, 0) is 5.75 Å². The van der Waals surface area contributed by atoms with E-state index in [0.29, 0.717) is 0 Å². The van der Waals surface area contributed by atoms with Crippen LogP contribution in [0.3, 0.4) is 0 Å². The van der Waals surface area contributed by atoms with Crippen molar-refractivity contribution in [1.29, 1.82) is 0 Å². The molecule has 0 aliphatic carbocycles. The number of aryl methyl sites for hydroxylation is 2. The van der Waals surface area contributed by atoms with Crippen molar-refractivity contribution in [2.24, 2.45) is 0 Å². The van der Waals surface area contributed by atoms with Crippen molar-refractivity contribution in [3.63, 3.8) is 0 Å². The van der Waals surface area contributed by atoms with Gasteiger partial charge in [-0.15, -0.1) is 10.2 Å². The van der Waals surface area contributed by atoms with E-state index in [4.69, 9.17) is 11.6 Å². The van der Waals surface area contributed by atoms with Gasteiger partial charge in [0.1, 0.15) is 0 Å². The first-order valence-electron chi connectivity index (χ1n) is 9.07. The Morgan fingerprint density at radius 3 is 2.39 bits per heavy atom. The van der Waals surface area contributed by atoms with E-state index in [1.165, 1.54) is 11.1 Å². The Kier molecular flexibility index (Phi) is 5.51. The smallest absolute Gasteiger partial charge is 0.196 e. The van der Waals surface area contributed by atoms with E-state index in [1.807, 2.05) is 18.2 Å². The molecule has 0 saturated carbocycles. The van der Waals surface area contributed by atoms with Crippen LogP contribution in [0.15, 0.2) is 78.0 Å². The summed E-state index contributed by atoms with van der Waals surface area (Å²) < 4.78 is 2.13. The number of benzene rings is 3. The van der Waals surface area contributed by atoms with Gasteiger partial charge < -0.3 is 0 Å². The van der Waals surface area contributed by atoms with Gasteiger partial charge in [0, 0.05) is 22.0 Å². The van der Waals surface area contributed by atoms with E-state index in [0.717, 1.165) is 38.6 Å². The molecule has 3 aromatic carbocycles. The summed E-state index contributed by atoms with van der Waals surface area (Å²) in [6.45, 7) is 4.18. The number of nitrogens with zero attached hydrogens (tertiary/aromatic N) is 3. The molecule has 0 saturated heterocycles. The minimum Gasteiger partial charge on any atom is -0.270 e. The second-order valence-electron chi connectivity index (χ2n) is 6.77. The highest BCUT2D eigenvalue weighted by molar-refractivity contribution is 7.98. The van der Waals surface area contributed by atoms with Crippen LogP contribution in [0, 0.1) is 13.8 Å². The maximum Gasteiger partial charge on any atom is 0.196 e. The molecule has 0 atom stereocenters. The molecule has 0 N–H and O–H groups in total. The number of halogens is 1. The maximum absolute atomic E-state index is 6.13. The molecule has 0 fully saturated rings. The van der Waals surface area contributed by atoms with Crippen molar-refractivity contribution in [2.45, 2.75) is 24.8 Å². The van der Waals surface area contributed by atoms with Crippen LogP contribution in [0.1, 0.15) is 16.7 Å². The predicted octanol–water partition coefficient (Wildman–Crippen LogP) is 6.50. The van der Waals surface area contributed by atoms with Gasteiger partial charge in [-0.1, -0.05) is 77.0 Å². The van der Waals surface area contributed by atoms with E-state index in [1.54, 1.807) is 11.8 Å². The molecular weight excluding hydrogens is 386 g/mol. The number of hydrogen-bond donors (Lipinski definition) is 0. The summed E-state index contributed by atoms with van der Waals surface area (Å²) in [5.41, 5.74) is 5.70. The number of hydrogen-bond acceptors (Lipinski definition) is 3. The lowest BCUT2D eigenvalue weighted by atomic mass is 10.1. The quantitative estimate of drug-likeness (QED) is 0.355. The molecule has 3 nitrogen and oxygen atoms in total. The molecule has 1 heterocycles. The van der Waals surface area contributed by atoms with Crippen molar-refractivity contribution in [1.82, 2.24) is 14.8 Å². The van der Waals surface area contributed by atoms with Crippen LogP contribution in [0.5, 0.6) is 0 Å². The predicted molar refractivity (Wildman–Crippen MR) is 117 cm³/mol. The van der Waals surface area contributed by atoms with E-state index in [2.05, 4.69) is 83.2 Å². The molecule has 140 valence electrons. The fourth-order valence-electron chi connectivity index (χ4n) is 3.04. The molecule has 5 heteroatoms. The van der Waals surface area contributed by atoms with E-state index in [9.17, 15) is 0 Å². The summed E-state index contributed by atoms with van der Waals surface area (Å²) in [6.07, 6.45) is 0. The molecule has 28 heavy (non-hydrogen) atoms. The first-order chi connectivity index (χ1) is 13.6. The largest absolute Gasteiger partial charge is 0.270 e. The van der Waals surface area contributed by atoms with Crippen molar-refractivity contribution in [3.8, 4) is 17.1 Å². The Labute approximate surface area is 174 Å². The van der Waals surface area contributed by atoms with Gasteiger partial charge in [-0.3, -0.25) is 4.57 Å². The van der Waals surface area contributed by atoms with Crippen LogP contribution in [-0.4, -0.2) is 14.8 Å². The Balaban J connectivity index is 1.74. The van der Waals surface area contributed by atoms with E-state index in [-0.39, 0.29) is 0 Å². The zero-order valence-electron chi connectivity index (χ0n) is 15.8. The Morgan fingerprint density at radius 2 is 1.64 bits per heavy atom. The molecule has 0 spiro atoms. The molecular formula is C23H20ClN3S. The highest BCUT2D eigenvalue weighted by atomic mass is 35.5. The maximum atomic E-state index is 6.13. The Hall–Kier alpha value is -2.56. The average molecular weight is 406 g/mol. The standard InChI is InChI=1S/C23H20ClN3S/c1-16-9-11-21(12-10-16)27-22(19-7-3-5-17(2)13-19)25-26-23(27)28-15-18-6-4-8-20(24)14-18/h3-14H,15H2,1-2H3. The van der Waals surface area contributed by atoms with Gasteiger partial charge in [0.15, 0.2) is 11.0 Å². The lowest BCUT2D eigenvalue weighted by Crippen LogP contribution is -2.00. The van der Waals surface area contributed by atoms with Crippen LogP contribution in [0.25, 0.3) is 17.1 Å². The first kappa shape index (κ1) is 18.8. The fourth-order valence-corrected chi connectivity index (χ4v) is 4.14. The first-order valence-corrected chi connectivity index (χ1v) is 10.4. The third-order valence-corrected chi connectivity index (χ3v) is 5.69. The van der Waals surface area contributed by atoms with Gasteiger partial charge >= 0.3 is 0 Å². The Morgan fingerprint density at radius 1 is 0.857 bits per heavy atom. The van der Waals surface area contributed by atoms with Gasteiger partial charge in [-0.25, -0.2) is 0 Å². The fraction of sp³-hybridized carbons (Fsp3) is 0.130. The van der Waals surface area contributed by atoms with Crippen molar-refractivity contribution >= 4 is 23.4 Å². The van der Waals surface area contributed by atoms with Gasteiger partial charge in [0.05, 0.1) is 0 Å². The van der Waals surface area contributed by atoms with E-state index >= 15 is 0 Å². The number of aromatic nitrogens is 3. The summed E-state index contributed by atoms with van der Waals surface area (Å²) >= 11 is 7.78. The minimum atomic E-state index is 0.749. The van der Waals surface area contributed by atoms with Gasteiger partial charge in [-0.05, 0) is 49.7 Å². The van der Waals surface area contributed by atoms with E-state index < -0.39 is 0 Å². The topological polar surface area (TPSA) is 30.7 Å². The lowest BCUT2D eigenvalue weighted by Gasteiger charge is -2.11. The summed E-state index contributed by atoms with van der Waals surface area (Å²) in [6, 6.07) is 24.7. The average Bonchev–Trinajstić information content (AvgIpc) is 3.11. The minimum absolute atomic E-state index is 0.749. The monoisotopic (exact) mass is 405 g/mol. The summed E-state index contributed by atoms with van der Waals surface area (Å²) in [4.78, 5) is 0. The number of thioether (sulfide) groups is 1. The van der Waals surface area contributed by atoms with Crippen LogP contribution < -0.4 is 0 Å². The molecule has 0 radical (unpaired) electrons. The van der Waals surface area contributed by atoms with Crippen LogP contribution in [0.4, 0.5) is 0 Å². The number of rotatable bonds is 5. The molecule has 0 bridgehead atoms. The molecule has 0 amide bonds. The molecule has 0 aliphatic heterocycles. The van der Waals surface area contributed by atoms with Crippen molar-refractivity contribution in [3.05, 3.63) is 94.5 Å². The summed E-state index contributed by atoms with van der Waals surface area (Å²) in [7, 11) is 0. The molecule has 4 aromatic rings. The highest BCUT2D eigenvalue weighted by Crippen LogP contribution is 2.30. The normalized spacial score (nSPS) is 11.0. The van der Waals surface area contributed by atoms with Gasteiger partial charge in [0.25, 0.3) is 0 Å². The zero-order chi connectivity index (χ0) is 19.5. The van der Waals surface area contributed by atoms with Gasteiger partial charge in [-0.2, -0.15) is 0 Å². The zero-order valence-corrected chi connectivity index (χ0v) is 17.3. The molecule has 0 aliphatic rings. The molecule has 1 aromatic heterocycles. The van der Waals surface area contributed by atoms with Crippen molar-refractivity contribution in [2.75, 3.05) is 0 Å². The summed E-state index contributed by atoms with van der Waals surface area (Å²) in [5, 5.41) is 10.6. The van der Waals surface area contributed by atoms with Crippen molar-refractivity contribution < 1.29 is 0 Å². The SMILES string of the molecule is Cc1ccc(-n2c(SCc3cccc(Cl)c3)nnc2-c2cccc(C)c2)cc1. The van der Waals surface area contributed by atoms with Crippen LogP contribution >= 0.6 is 23.4 Å². The van der Waals surface area contributed by atoms with Crippen LogP contribution in [0.2, 0.25) is 5.02 Å². The third kappa shape index (κ3) is 4.13. The Bertz CT molecular complexity index is 1100. The highest BCUT2D eigenvalue weighted by Gasteiger charge is 2.16. The second kappa shape index (κ2) is 8.21. The molecule has 0 unspecified atom stereocenters. The second-order valence-corrected chi connectivity index (χ2v) is 8.14. The lowest BCUT2D eigenvalue weighted by molar-refractivity contribution is 0.885. The molecule has 4 rings (SSSR count). The third-order valence-electron chi connectivity index (χ3n) is 4.46. The summed E-state index contributed by atoms with van der Waals surface area (Å²) in [5.74, 6) is 1.62. The van der Waals surface area contributed by atoms with Gasteiger partial charge in [0.2, 0.25) is 0 Å².